The van der Waals surface area contributed by atoms with Crippen LogP contribution in [0.3, 0.4) is 0 Å². The molecule has 0 saturated heterocycles. The SMILES string of the molecule is CNC(=O)[C@@H](Cc1ccccc1)N(Cc1ccc(Cl)cc1Cl)C(=O)COc1ccccc1Cl. The second kappa shape index (κ2) is 11.9. The van der Waals surface area contributed by atoms with Gasteiger partial charge in [-0.3, -0.25) is 9.59 Å². The average molecular weight is 506 g/mol. The summed E-state index contributed by atoms with van der Waals surface area (Å²) < 4.78 is 5.67. The van der Waals surface area contributed by atoms with Crippen LogP contribution in [0.5, 0.6) is 5.75 Å². The predicted molar refractivity (Wildman–Crippen MR) is 132 cm³/mol. The number of nitrogens with one attached hydrogen (secondary N) is 1. The van der Waals surface area contributed by atoms with Crippen LogP contribution < -0.4 is 10.1 Å². The number of amides is 2. The number of ether oxygens (including phenoxy) is 1. The zero-order chi connectivity index (χ0) is 23.8. The number of halogens is 3. The van der Waals surface area contributed by atoms with Crippen LogP contribution in [0.4, 0.5) is 0 Å². The lowest BCUT2D eigenvalue weighted by Crippen LogP contribution is -2.51. The summed E-state index contributed by atoms with van der Waals surface area (Å²) in [4.78, 5) is 27.7. The molecule has 1 atom stereocenters. The Kier molecular flexibility index (Phi) is 9.01. The van der Waals surface area contributed by atoms with Gasteiger partial charge < -0.3 is 15.0 Å². The molecule has 0 unspecified atom stereocenters. The van der Waals surface area contributed by atoms with Crippen LogP contribution >= 0.6 is 34.8 Å². The molecule has 0 bridgehead atoms. The van der Waals surface area contributed by atoms with E-state index in [1.54, 1.807) is 49.5 Å². The lowest BCUT2D eigenvalue weighted by molar-refractivity contribution is -0.142. The van der Waals surface area contributed by atoms with Gasteiger partial charge in [0.15, 0.2) is 6.61 Å². The first-order valence-electron chi connectivity index (χ1n) is 10.2. The molecule has 1 N–H and O–H groups in total. The summed E-state index contributed by atoms with van der Waals surface area (Å²) >= 11 is 18.6. The van der Waals surface area contributed by atoms with Crippen molar-refractivity contribution in [2.24, 2.45) is 0 Å². The first-order chi connectivity index (χ1) is 15.9. The van der Waals surface area contributed by atoms with E-state index in [1.165, 1.54) is 4.90 Å². The molecule has 0 saturated carbocycles. The number of benzene rings is 3. The Balaban J connectivity index is 1.91. The molecule has 0 aliphatic carbocycles. The van der Waals surface area contributed by atoms with Crippen LogP contribution in [0.25, 0.3) is 0 Å². The third kappa shape index (κ3) is 6.87. The molecule has 3 aromatic carbocycles. The summed E-state index contributed by atoms with van der Waals surface area (Å²) in [7, 11) is 1.54. The Labute approximate surface area is 208 Å². The molecule has 2 amide bonds. The van der Waals surface area contributed by atoms with Crippen molar-refractivity contribution in [1.29, 1.82) is 0 Å². The Morgan fingerprint density at radius 1 is 0.939 bits per heavy atom. The van der Waals surface area contributed by atoms with Gasteiger partial charge in [0.2, 0.25) is 5.91 Å². The topological polar surface area (TPSA) is 58.6 Å². The molecule has 0 aliphatic rings. The van der Waals surface area contributed by atoms with Crippen molar-refractivity contribution in [2.75, 3.05) is 13.7 Å². The van der Waals surface area contributed by atoms with E-state index in [0.717, 1.165) is 5.56 Å². The number of para-hydroxylation sites is 1. The van der Waals surface area contributed by atoms with Gasteiger partial charge in [0.05, 0.1) is 5.02 Å². The highest BCUT2D eigenvalue weighted by Crippen LogP contribution is 2.25. The van der Waals surface area contributed by atoms with Crippen molar-refractivity contribution in [2.45, 2.75) is 19.0 Å². The van der Waals surface area contributed by atoms with Crippen LogP contribution in [0.1, 0.15) is 11.1 Å². The van der Waals surface area contributed by atoms with Gasteiger partial charge in [0.25, 0.3) is 5.91 Å². The average Bonchev–Trinajstić information content (AvgIpc) is 2.82. The third-order valence-electron chi connectivity index (χ3n) is 5.06. The largest absolute Gasteiger partial charge is 0.482 e. The van der Waals surface area contributed by atoms with Crippen molar-refractivity contribution in [3.05, 3.63) is 99.0 Å². The molecule has 0 radical (unpaired) electrons. The van der Waals surface area contributed by atoms with Gasteiger partial charge in [-0.15, -0.1) is 0 Å². The molecule has 3 aromatic rings. The van der Waals surface area contributed by atoms with Crippen LogP contribution in [0.2, 0.25) is 15.1 Å². The van der Waals surface area contributed by atoms with E-state index in [2.05, 4.69) is 5.32 Å². The van der Waals surface area contributed by atoms with Crippen molar-refractivity contribution >= 4 is 46.6 Å². The highest BCUT2D eigenvalue weighted by atomic mass is 35.5. The molecule has 3 rings (SSSR count). The van der Waals surface area contributed by atoms with E-state index in [4.69, 9.17) is 39.5 Å². The lowest BCUT2D eigenvalue weighted by atomic mass is 10.0. The first-order valence-corrected chi connectivity index (χ1v) is 11.4. The molecule has 0 aliphatic heterocycles. The highest BCUT2D eigenvalue weighted by Gasteiger charge is 2.30. The minimum atomic E-state index is -0.786. The number of hydrogen-bond acceptors (Lipinski definition) is 3. The molecule has 172 valence electrons. The van der Waals surface area contributed by atoms with Crippen LogP contribution in [0, 0.1) is 0 Å². The Hall–Kier alpha value is -2.73. The van der Waals surface area contributed by atoms with Gasteiger partial charge in [-0.2, -0.15) is 0 Å². The maximum atomic E-state index is 13.4. The number of likely N-dealkylation sites (N-methyl/N-ethyl adjacent to an activating group) is 1. The van der Waals surface area contributed by atoms with E-state index >= 15 is 0 Å². The van der Waals surface area contributed by atoms with Crippen LogP contribution in [0.15, 0.2) is 72.8 Å². The minimum Gasteiger partial charge on any atom is -0.482 e. The van der Waals surface area contributed by atoms with Crippen LogP contribution in [-0.4, -0.2) is 36.4 Å². The van der Waals surface area contributed by atoms with E-state index in [1.807, 2.05) is 30.3 Å². The Morgan fingerprint density at radius 3 is 2.30 bits per heavy atom. The minimum absolute atomic E-state index is 0.103. The molecule has 0 spiro atoms. The number of nitrogens with zero attached hydrogens (tertiary/aromatic N) is 1. The quantitative estimate of drug-likeness (QED) is 0.423. The van der Waals surface area contributed by atoms with Crippen molar-refractivity contribution in [3.63, 3.8) is 0 Å². The summed E-state index contributed by atoms with van der Waals surface area (Å²) in [5.41, 5.74) is 1.58. The number of hydrogen-bond donors (Lipinski definition) is 1. The smallest absolute Gasteiger partial charge is 0.261 e. The van der Waals surface area contributed by atoms with Crippen molar-refractivity contribution in [1.82, 2.24) is 10.2 Å². The summed E-state index contributed by atoms with van der Waals surface area (Å²) in [6, 6.07) is 20.6. The van der Waals surface area contributed by atoms with E-state index in [0.29, 0.717) is 32.8 Å². The second-order valence-electron chi connectivity index (χ2n) is 7.30. The molecule has 0 heterocycles. The summed E-state index contributed by atoms with van der Waals surface area (Å²) in [5, 5.41) is 3.95. The molecule has 33 heavy (non-hydrogen) atoms. The normalized spacial score (nSPS) is 11.5. The zero-order valence-electron chi connectivity index (χ0n) is 17.9. The van der Waals surface area contributed by atoms with Gasteiger partial charge >= 0.3 is 0 Å². The Morgan fingerprint density at radius 2 is 1.64 bits per heavy atom. The number of carbonyl (C=O) groups is 2. The standard InChI is InChI=1S/C25H23Cl3N2O3/c1-29-25(32)22(13-17-7-3-2-4-8-17)30(15-18-11-12-19(26)14-21(18)28)24(31)16-33-23-10-6-5-9-20(23)27/h2-12,14,22H,13,15-16H2,1H3,(H,29,32)/t22-/m1/s1. The number of rotatable bonds is 9. The van der Waals surface area contributed by atoms with E-state index in [-0.39, 0.29) is 25.0 Å². The maximum Gasteiger partial charge on any atom is 0.261 e. The number of carbonyl (C=O) groups excluding carboxylic acids is 2. The molecule has 0 fully saturated rings. The monoisotopic (exact) mass is 504 g/mol. The third-order valence-corrected chi connectivity index (χ3v) is 5.96. The van der Waals surface area contributed by atoms with Gasteiger partial charge in [0, 0.05) is 30.1 Å². The maximum absolute atomic E-state index is 13.4. The van der Waals surface area contributed by atoms with Gasteiger partial charge in [-0.25, -0.2) is 0 Å². The molecular weight excluding hydrogens is 483 g/mol. The van der Waals surface area contributed by atoms with Crippen molar-refractivity contribution in [3.8, 4) is 5.75 Å². The zero-order valence-corrected chi connectivity index (χ0v) is 20.2. The highest BCUT2D eigenvalue weighted by molar-refractivity contribution is 6.35. The summed E-state index contributed by atoms with van der Waals surface area (Å²) in [6.07, 6.45) is 0.323. The summed E-state index contributed by atoms with van der Waals surface area (Å²) in [5.74, 6) is -0.294. The molecule has 8 heteroatoms. The first kappa shape index (κ1) is 24.9. The van der Waals surface area contributed by atoms with Gasteiger partial charge in [-0.05, 0) is 35.4 Å². The molecule has 0 aromatic heterocycles. The predicted octanol–water partition coefficient (Wildman–Crippen LogP) is 5.41. The van der Waals surface area contributed by atoms with Crippen molar-refractivity contribution < 1.29 is 14.3 Å². The van der Waals surface area contributed by atoms with Crippen LogP contribution in [-0.2, 0) is 22.6 Å². The van der Waals surface area contributed by atoms with E-state index in [9.17, 15) is 9.59 Å². The molecular formula is C25H23Cl3N2O3. The van der Waals surface area contributed by atoms with Gasteiger partial charge in [-0.1, -0.05) is 83.3 Å². The fraction of sp³-hybridized carbons (Fsp3) is 0.200. The summed E-state index contributed by atoms with van der Waals surface area (Å²) in [6.45, 7) is -0.192. The Bertz CT molecular complexity index is 1110. The fourth-order valence-electron chi connectivity index (χ4n) is 3.34. The van der Waals surface area contributed by atoms with E-state index < -0.39 is 6.04 Å². The molecule has 5 nitrogen and oxygen atoms in total. The second-order valence-corrected chi connectivity index (χ2v) is 8.55. The fourth-order valence-corrected chi connectivity index (χ4v) is 4.00. The van der Waals surface area contributed by atoms with Gasteiger partial charge in [0.1, 0.15) is 11.8 Å². The lowest BCUT2D eigenvalue weighted by Gasteiger charge is -2.31.